The number of hydrogen-bond donors (Lipinski definition) is 4. The van der Waals surface area contributed by atoms with Crippen LogP contribution in [0.25, 0.3) is 5.57 Å². The van der Waals surface area contributed by atoms with Crippen LogP contribution in [-0.4, -0.2) is 53.6 Å². The van der Waals surface area contributed by atoms with Gasteiger partial charge in [0.25, 0.3) is 5.91 Å². The third-order valence-corrected chi connectivity index (χ3v) is 8.55. The lowest BCUT2D eigenvalue weighted by Crippen LogP contribution is -2.52. The summed E-state index contributed by atoms with van der Waals surface area (Å²) in [5.74, 6) is 1.75. The fraction of sp³-hybridized carbons (Fsp3) is 0.516. The molecule has 0 bridgehead atoms. The van der Waals surface area contributed by atoms with E-state index >= 15 is 0 Å². The van der Waals surface area contributed by atoms with Gasteiger partial charge in [-0.05, 0) is 93.7 Å². The highest BCUT2D eigenvalue weighted by Crippen LogP contribution is 2.51. The summed E-state index contributed by atoms with van der Waals surface area (Å²) in [6.45, 7) is 7.19. The number of carbonyl (C=O) groups is 2. The first kappa shape index (κ1) is 29.0. The smallest absolute Gasteiger partial charge is 0.268 e. The summed E-state index contributed by atoms with van der Waals surface area (Å²) in [7, 11) is 0. The molecule has 2 fully saturated rings. The van der Waals surface area contributed by atoms with Crippen molar-refractivity contribution >= 4 is 40.5 Å². The third kappa shape index (κ3) is 7.35. The van der Waals surface area contributed by atoms with Crippen molar-refractivity contribution in [3.8, 4) is 0 Å². The number of allylic oxidation sites excluding steroid dienone is 4. The van der Waals surface area contributed by atoms with Crippen LogP contribution < -0.4 is 16.4 Å². The fourth-order valence-corrected chi connectivity index (χ4v) is 6.06. The predicted octanol–water partition coefficient (Wildman–Crippen LogP) is 5.17. The van der Waals surface area contributed by atoms with Crippen molar-refractivity contribution in [1.29, 1.82) is 5.41 Å². The van der Waals surface area contributed by atoms with Crippen molar-refractivity contribution in [3.05, 3.63) is 58.9 Å². The number of carbonyl (C=O) groups excluding carboxylic acids is 2. The van der Waals surface area contributed by atoms with Gasteiger partial charge in [0.05, 0.1) is 0 Å². The summed E-state index contributed by atoms with van der Waals surface area (Å²) in [4.78, 5) is 29.6. The quantitative estimate of drug-likeness (QED) is 0.254. The lowest BCUT2D eigenvalue weighted by atomic mass is 9.88. The maximum absolute atomic E-state index is 13.8. The number of benzene rings is 1. The molecule has 5 N–H and O–H groups in total. The zero-order valence-corrected chi connectivity index (χ0v) is 24.5. The molecule has 7 nitrogen and oxygen atoms in total. The molecule has 1 aromatic carbocycles. The number of thioether (sulfide) groups is 1. The molecule has 2 saturated carbocycles. The van der Waals surface area contributed by atoms with E-state index in [4.69, 9.17) is 11.1 Å². The lowest BCUT2D eigenvalue weighted by molar-refractivity contribution is -0.126. The molecule has 39 heavy (non-hydrogen) atoms. The second-order valence-corrected chi connectivity index (χ2v) is 12.1. The maximum Gasteiger partial charge on any atom is 0.268 e. The minimum atomic E-state index is -0.581. The Morgan fingerprint density at radius 2 is 1.74 bits per heavy atom. The van der Waals surface area contributed by atoms with Gasteiger partial charge in [-0.15, -0.1) is 0 Å². The van der Waals surface area contributed by atoms with Gasteiger partial charge in [0.15, 0.2) is 0 Å². The largest absolute Gasteiger partial charge is 0.402 e. The molecule has 0 spiro atoms. The van der Waals surface area contributed by atoms with Crippen LogP contribution >= 0.6 is 11.8 Å². The van der Waals surface area contributed by atoms with Crippen molar-refractivity contribution in [1.82, 2.24) is 10.2 Å². The highest BCUT2D eigenvalue weighted by atomic mass is 32.2. The Bertz CT molecular complexity index is 1160. The molecular weight excluding hydrogens is 506 g/mol. The molecule has 210 valence electrons. The molecule has 1 heterocycles. The van der Waals surface area contributed by atoms with Crippen molar-refractivity contribution in [3.63, 3.8) is 0 Å². The zero-order chi connectivity index (χ0) is 28.1. The van der Waals surface area contributed by atoms with E-state index in [1.165, 1.54) is 5.57 Å². The number of anilines is 1. The predicted molar refractivity (Wildman–Crippen MR) is 163 cm³/mol. The summed E-state index contributed by atoms with van der Waals surface area (Å²) >= 11 is 1.77. The second kappa shape index (κ2) is 12.9. The van der Waals surface area contributed by atoms with E-state index in [1.54, 1.807) is 25.6 Å². The third-order valence-electron chi connectivity index (χ3n) is 7.96. The molecule has 0 aromatic heterocycles. The van der Waals surface area contributed by atoms with Crippen molar-refractivity contribution in [2.24, 2.45) is 23.5 Å². The summed E-state index contributed by atoms with van der Waals surface area (Å²) in [6, 6.07) is 6.85. The Morgan fingerprint density at radius 3 is 2.26 bits per heavy atom. The Labute approximate surface area is 237 Å². The topological polar surface area (TPSA) is 111 Å². The Hall–Kier alpha value is -3.00. The van der Waals surface area contributed by atoms with Crippen molar-refractivity contribution < 1.29 is 9.59 Å². The Balaban J connectivity index is 1.54. The number of nitrogens with zero attached hydrogens (tertiary/aromatic N) is 1. The molecule has 2 amide bonds. The Morgan fingerprint density at radius 1 is 1.10 bits per heavy atom. The van der Waals surface area contributed by atoms with Gasteiger partial charge in [-0.2, -0.15) is 11.8 Å². The molecule has 1 aromatic rings. The number of nitrogens with two attached hydrogens (primary N) is 1. The monoisotopic (exact) mass is 549 g/mol. The molecule has 0 saturated heterocycles. The van der Waals surface area contributed by atoms with Crippen LogP contribution in [0.15, 0.2) is 53.4 Å². The molecular formula is C31H43N5O2S. The van der Waals surface area contributed by atoms with Crippen LogP contribution in [0, 0.1) is 23.2 Å². The standard InChI is InChI=1S/C31H43N5O2S/c1-5-21-6-15-26(36(18-21)16-17-39-4)30(37)35-29(28(23-7-8-23)24-9-10-24)31(38)34-25-13-11-22(12-14-25)27(19(2)32)20(3)33/h6,11-15,23-24,28-29,32H,5,7-10,16-18,33H2,1-4H3,(H,34,38)(H,35,37)/b27-20+,32-19?/t29-/m0/s1. The lowest BCUT2D eigenvalue weighted by Gasteiger charge is -2.33. The summed E-state index contributed by atoms with van der Waals surface area (Å²) < 4.78 is 0. The molecule has 1 atom stereocenters. The first-order chi connectivity index (χ1) is 18.7. The van der Waals surface area contributed by atoms with Crippen LogP contribution in [0.4, 0.5) is 5.69 Å². The summed E-state index contributed by atoms with van der Waals surface area (Å²) in [6.07, 6.45) is 11.5. The van der Waals surface area contributed by atoms with Crippen LogP contribution in [0.2, 0.25) is 0 Å². The molecule has 1 aliphatic heterocycles. The average Bonchev–Trinajstić information content (AvgIpc) is 3.83. The molecule has 0 unspecified atom stereocenters. The van der Waals surface area contributed by atoms with Gasteiger partial charge in [0.2, 0.25) is 5.91 Å². The normalized spacial score (nSPS) is 18.6. The number of hydrogen-bond acceptors (Lipinski definition) is 6. The van der Waals surface area contributed by atoms with Crippen LogP contribution in [-0.2, 0) is 9.59 Å². The van der Waals surface area contributed by atoms with Crippen LogP contribution in [0.1, 0.15) is 58.4 Å². The Kier molecular flexibility index (Phi) is 9.59. The van der Waals surface area contributed by atoms with Gasteiger partial charge in [0.1, 0.15) is 11.7 Å². The number of rotatable bonds is 13. The van der Waals surface area contributed by atoms with E-state index in [0.717, 1.165) is 56.5 Å². The SMILES string of the molecule is CCC1=CC=C(C(=O)N[C@H](C(=O)Nc2ccc(/C(C(C)=N)=C(\C)N)cc2)C(C2CC2)C2CC2)N(CCSC)C1. The molecule has 2 aliphatic carbocycles. The van der Waals surface area contributed by atoms with Gasteiger partial charge in [0, 0.05) is 41.5 Å². The minimum absolute atomic E-state index is 0.161. The van der Waals surface area contributed by atoms with E-state index in [-0.39, 0.29) is 17.7 Å². The van der Waals surface area contributed by atoms with Crippen molar-refractivity contribution in [2.45, 2.75) is 58.9 Å². The van der Waals surface area contributed by atoms with Gasteiger partial charge in [-0.25, -0.2) is 0 Å². The molecule has 4 rings (SSSR count). The highest BCUT2D eigenvalue weighted by molar-refractivity contribution is 7.98. The van der Waals surface area contributed by atoms with Gasteiger partial charge >= 0.3 is 0 Å². The molecule has 0 radical (unpaired) electrons. The molecule has 3 aliphatic rings. The van der Waals surface area contributed by atoms with Crippen LogP contribution in [0.3, 0.4) is 0 Å². The molecule has 8 heteroatoms. The highest BCUT2D eigenvalue weighted by Gasteiger charge is 2.48. The van der Waals surface area contributed by atoms with E-state index in [9.17, 15) is 9.59 Å². The first-order valence-electron chi connectivity index (χ1n) is 14.1. The fourth-order valence-electron chi connectivity index (χ4n) is 5.66. The zero-order valence-electron chi connectivity index (χ0n) is 23.7. The van der Waals surface area contributed by atoms with E-state index in [0.29, 0.717) is 40.2 Å². The maximum atomic E-state index is 13.8. The minimum Gasteiger partial charge on any atom is -0.402 e. The summed E-state index contributed by atoms with van der Waals surface area (Å²) in [5, 5.41) is 14.3. The van der Waals surface area contributed by atoms with Gasteiger partial charge in [-0.1, -0.05) is 30.7 Å². The van der Waals surface area contributed by atoms with Crippen molar-refractivity contribution in [2.75, 3.05) is 30.4 Å². The average molecular weight is 550 g/mol. The summed E-state index contributed by atoms with van der Waals surface area (Å²) in [5.41, 5.74) is 11.2. The van der Waals surface area contributed by atoms with E-state index < -0.39 is 6.04 Å². The van der Waals surface area contributed by atoms with Gasteiger partial charge < -0.3 is 26.7 Å². The van der Waals surface area contributed by atoms with Crippen LogP contribution in [0.5, 0.6) is 0 Å². The van der Waals surface area contributed by atoms with Gasteiger partial charge in [-0.3, -0.25) is 9.59 Å². The van der Waals surface area contributed by atoms with E-state index in [2.05, 4.69) is 34.8 Å². The first-order valence-corrected chi connectivity index (χ1v) is 15.5. The number of amides is 2. The second-order valence-electron chi connectivity index (χ2n) is 11.1. The number of nitrogens with one attached hydrogen (secondary N) is 3. The van der Waals surface area contributed by atoms with E-state index in [1.807, 2.05) is 30.3 Å².